The average molecular weight is 730 g/mol. The molecule has 0 aliphatic carbocycles. The summed E-state index contributed by atoms with van der Waals surface area (Å²) in [4.78, 5) is 14.7. The summed E-state index contributed by atoms with van der Waals surface area (Å²) in [7, 11) is 0. The number of rotatable bonds is 7. The van der Waals surface area contributed by atoms with E-state index in [9.17, 15) is 11.0 Å². The van der Waals surface area contributed by atoms with Gasteiger partial charge in [0.1, 0.15) is 0 Å². The molecule has 0 saturated heterocycles. The molecule has 0 aliphatic rings. The van der Waals surface area contributed by atoms with Crippen molar-refractivity contribution in [2.24, 2.45) is 0 Å². The Morgan fingerprint density at radius 2 is 1.04 bits per heavy atom. The lowest BCUT2D eigenvalue weighted by atomic mass is 9.93. The molecule has 4 heteroatoms. The Hall–Kier alpha value is -7.43. The van der Waals surface area contributed by atoms with E-state index in [1.807, 2.05) is 0 Å². The van der Waals surface area contributed by atoms with Crippen LogP contribution in [0.4, 0.5) is 17.1 Å². The molecule has 10 aromatic rings. The molecule has 10 rings (SSSR count). The zero-order valence-corrected chi connectivity index (χ0v) is 27.8. The first-order valence-electron chi connectivity index (χ1n) is 29.8. The van der Waals surface area contributed by atoms with Gasteiger partial charge in [-0.3, -0.25) is 0 Å². The normalized spacial score (nSPS) is 18.1. The molecular weight excluding hydrogens is 669 g/mol. The monoisotopic (exact) mass is 729 g/mol. The number of hydrogen-bond acceptors (Lipinski definition) is 4. The van der Waals surface area contributed by atoms with Crippen LogP contribution in [-0.4, -0.2) is 15.0 Å². The van der Waals surface area contributed by atoms with E-state index in [-0.39, 0.29) is 27.6 Å². The van der Waals surface area contributed by atoms with E-state index >= 15 is 0 Å². The number of nitrogens with zero attached hydrogens (tertiary/aromatic N) is 4. The van der Waals surface area contributed by atoms with Crippen molar-refractivity contribution in [3.63, 3.8) is 0 Å². The van der Waals surface area contributed by atoms with Crippen LogP contribution in [0.15, 0.2) is 206 Å². The average Bonchev–Trinajstić information content (AvgIpc) is 0.906. The van der Waals surface area contributed by atoms with E-state index in [4.69, 9.17) is 31.0 Å². The lowest BCUT2D eigenvalue weighted by Crippen LogP contribution is -2.10. The summed E-state index contributed by atoms with van der Waals surface area (Å²) in [5.41, 5.74) is -5.13. The molecule has 0 saturated carbocycles. The van der Waals surface area contributed by atoms with Crippen LogP contribution in [-0.2, 0) is 0 Å². The third-order valence-electron chi connectivity index (χ3n) is 8.43. The molecule has 0 bridgehead atoms. The standard InChI is InChI=1S/C51H34N4/c1-5-18-36(19-6-1)45-34-46(37-20-7-2-8-21-37)54-51(53-45)39-23-15-22-38(33-39)50-43-32-31-35-17-13-14-28-42(35)48(43)49-44(52-50)29-16-30-47(49)55(40-24-9-3-10-25-40)41-26-11-4-12-27-41/h1-34H/i1D,2D,3D,4D,5D,6D,7D,8D,9D,10D,11D,12D,13D,14D,15D,16D,17D,18D,20D,22D,24D,26D,28D,29D,30D,31D,34D. The third-order valence-corrected chi connectivity index (χ3v) is 8.43. The fraction of sp³-hybridized carbons (Fsp3) is 0. The third kappa shape index (κ3) is 5.96. The van der Waals surface area contributed by atoms with Gasteiger partial charge < -0.3 is 4.90 Å². The van der Waals surface area contributed by atoms with Gasteiger partial charge in [-0.25, -0.2) is 15.0 Å². The topological polar surface area (TPSA) is 41.9 Å². The number of para-hydroxylation sites is 2. The van der Waals surface area contributed by atoms with Crippen molar-refractivity contribution in [2.45, 2.75) is 0 Å². The van der Waals surface area contributed by atoms with Crippen molar-refractivity contribution in [3.8, 4) is 45.2 Å². The van der Waals surface area contributed by atoms with E-state index in [1.165, 1.54) is 6.07 Å². The predicted molar refractivity (Wildman–Crippen MR) is 229 cm³/mol. The van der Waals surface area contributed by atoms with Crippen LogP contribution in [0.5, 0.6) is 0 Å². The van der Waals surface area contributed by atoms with Gasteiger partial charge in [0.25, 0.3) is 0 Å². The Labute approximate surface area is 357 Å². The molecule has 0 amide bonds. The summed E-state index contributed by atoms with van der Waals surface area (Å²) >= 11 is 0. The van der Waals surface area contributed by atoms with Gasteiger partial charge in [-0.15, -0.1) is 0 Å². The fourth-order valence-electron chi connectivity index (χ4n) is 6.10. The minimum absolute atomic E-state index is 0.221. The molecule has 0 N–H and O–H groups in total. The van der Waals surface area contributed by atoms with E-state index in [1.54, 1.807) is 0 Å². The second-order valence-electron chi connectivity index (χ2n) is 11.6. The van der Waals surface area contributed by atoms with Crippen LogP contribution in [0, 0.1) is 0 Å². The zero-order chi connectivity index (χ0) is 60.1. The highest BCUT2D eigenvalue weighted by Gasteiger charge is 2.21. The first-order chi connectivity index (χ1) is 38.4. The maximum absolute atomic E-state index is 9.64. The molecule has 0 spiro atoms. The Bertz CT molecular complexity index is 4420. The van der Waals surface area contributed by atoms with Crippen LogP contribution >= 0.6 is 0 Å². The molecule has 2 aromatic heterocycles. The summed E-state index contributed by atoms with van der Waals surface area (Å²) in [5.74, 6) is -0.465. The van der Waals surface area contributed by atoms with Crippen molar-refractivity contribution in [3.05, 3.63) is 206 Å². The molecule has 0 atom stereocenters. The lowest BCUT2D eigenvalue weighted by Gasteiger charge is -2.27. The molecule has 0 radical (unpaired) electrons. The summed E-state index contributed by atoms with van der Waals surface area (Å²) in [6.45, 7) is 0. The van der Waals surface area contributed by atoms with Crippen LogP contribution < -0.4 is 4.90 Å². The highest BCUT2D eigenvalue weighted by molar-refractivity contribution is 6.26. The number of aromatic nitrogens is 3. The number of fused-ring (bicyclic) bond motifs is 5. The smallest absolute Gasteiger partial charge is 0.160 e. The van der Waals surface area contributed by atoms with E-state index < -0.39 is 230 Å². The van der Waals surface area contributed by atoms with Crippen molar-refractivity contribution >= 4 is 49.5 Å². The minimum Gasteiger partial charge on any atom is -0.310 e. The summed E-state index contributed by atoms with van der Waals surface area (Å²) in [5, 5.41) is -2.13. The molecule has 4 nitrogen and oxygen atoms in total. The quantitative estimate of drug-likeness (QED) is 0.153. The summed E-state index contributed by atoms with van der Waals surface area (Å²) in [6, 6.07) is -12.8. The predicted octanol–water partition coefficient (Wildman–Crippen LogP) is 13.5. The van der Waals surface area contributed by atoms with Gasteiger partial charge in [0.2, 0.25) is 0 Å². The SMILES string of the molecule is [2H]c1cc(-c2nc(-c3cc([2H])c([2H])c([2H])c3[2H])c([2H])c(-c3cc([2H])c([2H])c([2H])c3[2H])n2)cc(-c2nc3c([2H])c([2H])c([2H])c(N(c4cc([2H])c([2H])c([2H])c4[2H])c4cc([2H])c([2H])c([2H])c4[2H])c3c3c2cc([2H])c2c([2H])c([2H])c([2H])c([2H])c23)c1[2H]. The molecular formula is C51H34N4. The van der Waals surface area contributed by atoms with Gasteiger partial charge in [0, 0.05) is 49.8 Å². The lowest BCUT2D eigenvalue weighted by molar-refractivity contribution is 1.18. The fourth-order valence-corrected chi connectivity index (χ4v) is 6.10. The Morgan fingerprint density at radius 1 is 0.418 bits per heavy atom. The number of anilines is 3. The Morgan fingerprint density at radius 3 is 1.76 bits per heavy atom. The molecule has 0 unspecified atom stereocenters. The molecule has 0 fully saturated rings. The Balaban J connectivity index is 1.41. The van der Waals surface area contributed by atoms with Gasteiger partial charge in [0.05, 0.1) is 65.3 Å². The van der Waals surface area contributed by atoms with Crippen molar-refractivity contribution in [1.29, 1.82) is 0 Å². The first kappa shape index (κ1) is 14.8. The van der Waals surface area contributed by atoms with Gasteiger partial charge >= 0.3 is 0 Å². The Kier molecular flexibility index (Phi) is 3.72. The summed E-state index contributed by atoms with van der Waals surface area (Å²) in [6.07, 6.45) is 0. The van der Waals surface area contributed by atoms with Crippen molar-refractivity contribution < 1.29 is 37.0 Å². The second kappa shape index (κ2) is 13.8. The number of hydrogen-bond donors (Lipinski definition) is 0. The number of benzene rings is 8. The van der Waals surface area contributed by atoms with Crippen molar-refractivity contribution in [1.82, 2.24) is 15.0 Å². The number of pyridine rings is 1. The highest BCUT2D eigenvalue weighted by Crippen LogP contribution is 2.45. The van der Waals surface area contributed by atoms with E-state index in [0.717, 1.165) is 41.3 Å². The van der Waals surface area contributed by atoms with Crippen LogP contribution in [0.1, 0.15) is 37.0 Å². The molecule has 2 heterocycles. The first-order valence-corrected chi connectivity index (χ1v) is 16.3. The second-order valence-corrected chi connectivity index (χ2v) is 11.6. The molecule has 8 aromatic carbocycles. The van der Waals surface area contributed by atoms with Crippen molar-refractivity contribution in [2.75, 3.05) is 4.90 Å². The molecule has 55 heavy (non-hydrogen) atoms. The van der Waals surface area contributed by atoms with E-state index in [2.05, 4.69) is 9.97 Å². The van der Waals surface area contributed by atoms with E-state index in [0.29, 0.717) is 0 Å². The zero-order valence-electron chi connectivity index (χ0n) is 54.8. The summed E-state index contributed by atoms with van der Waals surface area (Å²) < 4.78 is 239. The molecule has 0 aliphatic heterocycles. The van der Waals surface area contributed by atoms with Gasteiger partial charge in [-0.05, 0) is 59.2 Å². The van der Waals surface area contributed by atoms with Crippen LogP contribution in [0.2, 0.25) is 0 Å². The van der Waals surface area contributed by atoms with Gasteiger partial charge in [-0.1, -0.05) is 157 Å². The van der Waals surface area contributed by atoms with Gasteiger partial charge in [0.15, 0.2) is 5.82 Å². The minimum atomic E-state index is -0.946. The largest absolute Gasteiger partial charge is 0.310 e. The van der Waals surface area contributed by atoms with Gasteiger partial charge in [-0.2, -0.15) is 0 Å². The van der Waals surface area contributed by atoms with Crippen LogP contribution in [0.25, 0.3) is 77.6 Å². The maximum Gasteiger partial charge on any atom is 0.160 e. The van der Waals surface area contributed by atoms with Crippen LogP contribution in [0.3, 0.4) is 0 Å². The molecule has 258 valence electrons. The highest BCUT2D eigenvalue weighted by atomic mass is 15.1. The maximum atomic E-state index is 9.64.